The Hall–Kier alpha value is -2.45. The van der Waals surface area contributed by atoms with Gasteiger partial charge >= 0.3 is 0 Å². The lowest BCUT2D eigenvalue weighted by molar-refractivity contribution is 0.0780. The monoisotopic (exact) mass is 422 g/mol. The first kappa shape index (κ1) is 22.8. The zero-order valence-electron chi connectivity index (χ0n) is 17.2. The number of nitrogens with zero attached hydrogens (tertiary/aromatic N) is 2. The van der Waals surface area contributed by atoms with Crippen molar-refractivity contribution in [2.75, 3.05) is 26.7 Å². The van der Waals surface area contributed by atoms with Crippen molar-refractivity contribution >= 4 is 15.9 Å². The third kappa shape index (κ3) is 5.33. The van der Waals surface area contributed by atoms with Crippen LogP contribution in [0.5, 0.6) is 5.75 Å². The van der Waals surface area contributed by atoms with Crippen LogP contribution in [0, 0.1) is 5.82 Å². The van der Waals surface area contributed by atoms with E-state index in [1.807, 2.05) is 19.1 Å². The van der Waals surface area contributed by atoms with Crippen molar-refractivity contribution < 1.29 is 22.3 Å². The first-order chi connectivity index (χ1) is 13.7. The van der Waals surface area contributed by atoms with Gasteiger partial charge in [0, 0.05) is 26.7 Å². The molecule has 1 amide bonds. The Morgan fingerprint density at radius 1 is 1.03 bits per heavy atom. The molecular formula is C21H27FN2O4S. The number of amides is 1. The van der Waals surface area contributed by atoms with Crippen LogP contribution in [0.15, 0.2) is 47.4 Å². The number of halogens is 1. The molecule has 0 spiro atoms. The minimum Gasteiger partial charge on any atom is -0.494 e. The second-order valence-corrected chi connectivity index (χ2v) is 8.41. The summed E-state index contributed by atoms with van der Waals surface area (Å²) in [7, 11) is -2.24. The zero-order chi connectivity index (χ0) is 21.6. The van der Waals surface area contributed by atoms with Crippen molar-refractivity contribution in [2.24, 2.45) is 0 Å². The number of carbonyl (C=O) groups excluding carboxylic acids is 1. The topological polar surface area (TPSA) is 66.9 Å². The third-order valence-electron chi connectivity index (χ3n) is 4.51. The molecule has 29 heavy (non-hydrogen) atoms. The first-order valence-electron chi connectivity index (χ1n) is 9.51. The van der Waals surface area contributed by atoms with E-state index in [-0.39, 0.29) is 30.1 Å². The van der Waals surface area contributed by atoms with Crippen molar-refractivity contribution in [2.45, 2.75) is 32.2 Å². The number of rotatable bonds is 9. The predicted octanol–water partition coefficient (Wildman–Crippen LogP) is 3.53. The van der Waals surface area contributed by atoms with Crippen molar-refractivity contribution in [1.29, 1.82) is 0 Å². The average molecular weight is 423 g/mol. The minimum absolute atomic E-state index is 0.0968. The molecule has 0 aromatic heterocycles. The molecular weight excluding hydrogens is 395 g/mol. The van der Waals surface area contributed by atoms with Gasteiger partial charge in [0.15, 0.2) is 0 Å². The fourth-order valence-electron chi connectivity index (χ4n) is 2.95. The van der Waals surface area contributed by atoms with Crippen LogP contribution in [0.25, 0.3) is 0 Å². The van der Waals surface area contributed by atoms with E-state index >= 15 is 0 Å². The highest BCUT2D eigenvalue weighted by molar-refractivity contribution is 7.89. The summed E-state index contributed by atoms with van der Waals surface area (Å²) in [5, 5.41) is 0. The van der Waals surface area contributed by atoms with Gasteiger partial charge in [0.25, 0.3) is 5.91 Å². The maximum absolute atomic E-state index is 14.3. The van der Waals surface area contributed by atoms with E-state index in [0.29, 0.717) is 6.61 Å². The predicted molar refractivity (Wildman–Crippen MR) is 110 cm³/mol. The van der Waals surface area contributed by atoms with Crippen molar-refractivity contribution in [3.63, 3.8) is 0 Å². The molecule has 158 valence electrons. The molecule has 0 saturated carbocycles. The van der Waals surface area contributed by atoms with Crippen LogP contribution in [-0.2, 0) is 16.6 Å². The highest BCUT2D eigenvalue weighted by atomic mass is 32.2. The first-order valence-corrected chi connectivity index (χ1v) is 10.9. The average Bonchev–Trinajstić information content (AvgIpc) is 2.70. The number of hydrogen-bond donors (Lipinski definition) is 0. The molecule has 2 rings (SSSR count). The highest BCUT2D eigenvalue weighted by Gasteiger charge is 2.25. The number of carbonyl (C=O) groups is 1. The standard InChI is InChI=1S/C21H27FN2O4S/c1-5-24(6-2)29(26,27)18-12-13-20(22)19(14-18)21(25)23(4)15-16-8-10-17(11-9-16)28-7-3/h8-14H,5-7,15H2,1-4H3. The quantitative estimate of drug-likeness (QED) is 0.620. The summed E-state index contributed by atoms with van der Waals surface area (Å²) in [4.78, 5) is 14.0. The lowest BCUT2D eigenvalue weighted by atomic mass is 10.1. The molecule has 0 saturated heterocycles. The van der Waals surface area contributed by atoms with E-state index in [1.54, 1.807) is 33.0 Å². The minimum atomic E-state index is -3.79. The number of sulfonamides is 1. The van der Waals surface area contributed by atoms with E-state index in [4.69, 9.17) is 4.74 Å². The largest absolute Gasteiger partial charge is 0.494 e. The molecule has 0 bridgehead atoms. The second-order valence-electron chi connectivity index (χ2n) is 6.47. The molecule has 0 fully saturated rings. The van der Waals surface area contributed by atoms with Crippen LogP contribution in [0.3, 0.4) is 0 Å². The van der Waals surface area contributed by atoms with Crippen LogP contribution in [0.2, 0.25) is 0 Å². The Morgan fingerprint density at radius 2 is 1.66 bits per heavy atom. The molecule has 0 unspecified atom stereocenters. The Labute approximate surface area is 171 Å². The van der Waals surface area contributed by atoms with Gasteiger partial charge in [-0.1, -0.05) is 26.0 Å². The maximum Gasteiger partial charge on any atom is 0.256 e. The molecule has 0 atom stereocenters. The summed E-state index contributed by atoms with van der Waals surface area (Å²) >= 11 is 0. The molecule has 8 heteroatoms. The molecule has 2 aromatic rings. The van der Waals surface area contributed by atoms with Crippen LogP contribution in [0.1, 0.15) is 36.7 Å². The SMILES string of the molecule is CCOc1ccc(CN(C)C(=O)c2cc(S(=O)(=O)N(CC)CC)ccc2F)cc1. The molecule has 0 aliphatic rings. The second kappa shape index (κ2) is 9.84. The van der Waals surface area contributed by atoms with Crippen LogP contribution in [0.4, 0.5) is 4.39 Å². The van der Waals surface area contributed by atoms with Gasteiger partial charge in [-0.3, -0.25) is 4.79 Å². The summed E-state index contributed by atoms with van der Waals surface area (Å²) in [5.74, 6) is -0.620. The lowest BCUT2D eigenvalue weighted by Gasteiger charge is -2.21. The molecule has 6 nitrogen and oxygen atoms in total. The fourth-order valence-corrected chi connectivity index (χ4v) is 4.44. The van der Waals surface area contributed by atoms with Gasteiger partial charge in [0.05, 0.1) is 17.1 Å². The van der Waals surface area contributed by atoms with Crippen LogP contribution in [-0.4, -0.2) is 50.3 Å². The number of ether oxygens (including phenoxy) is 1. The van der Waals surface area contributed by atoms with Gasteiger partial charge in [0.2, 0.25) is 10.0 Å². The van der Waals surface area contributed by atoms with E-state index in [2.05, 4.69) is 0 Å². The van der Waals surface area contributed by atoms with E-state index in [9.17, 15) is 17.6 Å². The molecule has 0 heterocycles. The van der Waals surface area contributed by atoms with Crippen molar-refractivity contribution in [3.05, 3.63) is 59.4 Å². The molecule has 0 aliphatic heterocycles. The summed E-state index contributed by atoms with van der Waals surface area (Å²) < 4.78 is 46.4. The Bertz CT molecular complexity index is 942. The Balaban J connectivity index is 2.25. The summed E-state index contributed by atoms with van der Waals surface area (Å²) in [5.41, 5.74) is 0.572. The third-order valence-corrected chi connectivity index (χ3v) is 6.56. The highest BCUT2D eigenvalue weighted by Crippen LogP contribution is 2.21. The Kier molecular flexibility index (Phi) is 7.75. The normalized spacial score (nSPS) is 11.5. The maximum atomic E-state index is 14.3. The van der Waals surface area contributed by atoms with Crippen LogP contribution >= 0.6 is 0 Å². The van der Waals surface area contributed by atoms with Gasteiger partial charge in [-0.25, -0.2) is 12.8 Å². The molecule has 2 aromatic carbocycles. The van der Waals surface area contributed by atoms with E-state index in [1.165, 1.54) is 15.3 Å². The summed E-state index contributed by atoms with van der Waals surface area (Å²) in [6.45, 7) is 6.72. The van der Waals surface area contributed by atoms with Crippen molar-refractivity contribution in [3.8, 4) is 5.75 Å². The summed E-state index contributed by atoms with van der Waals surface area (Å²) in [6.07, 6.45) is 0. The van der Waals surface area contributed by atoms with Gasteiger partial charge in [0.1, 0.15) is 11.6 Å². The van der Waals surface area contributed by atoms with Gasteiger partial charge < -0.3 is 9.64 Å². The smallest absolute Gasteiger partial charge is 0.256 e. The fraction of sp³-hybridized carbons (Fsp3) is 0.381. The van der Waals surface area contributed by atoms with Gasteiger partial charge in [-0.2, -0.15) is 4.31 Å². The van der Waals surface area contributed by atoms with E-state index < -0.39 is 21.7 Å². The molecule has 0 aliphatic carbocycles. The number of benzene rings is 2. The molecule has 0 N–H and O–H groups in total. The van der Waals surface area contributed by atoms with Crippen molar-refractivity contribution in [1.82, 2.24) is 9.21 Å². The van der Waals surface area contributed by atoms with Crippen LogP contribution < -0.4 is 4.74 Å². The lowest BCUT2D eigenvalue weighted by Crippen LogP contribution is -2.31. The van der Waals surface area contributed by atoms with Gasteiger partial charge in [-0.05, 0) is 42.8 Å². The Morgan fingerprint density at radius 3 is 2.21 bits per heavy atom. The summed E-state index contributed by atoms with van der Waals surface area (Å²) in [6, 6.07) is 10.6. The zero-order valence-corrected chi connectivity index (χ0v) is 18.0. The molecule has 0 radical (unpaired) electrons. The number of hydrogen-bond acceptors (Lipinski definition) is 4. The van der Waals surface area contributed by atoms with Gasteiger partial charge in [-0.15, -0.1) is 0 Å². The van der Waals surface area contributed by atoms with E-state index in [0.717, 1.165) is 23.4 Å².